The second-order valence-corrected chi connectivity index (χ2v) is 6.10. The van der Waals surface area contributed by atoms with Gasteiger partial charge < -0.3 is 5.11 Å². The number of benzene rings is 1. The van der Waals surface area contributed by atoms with Gasteiger partial charge >= 0.3 is 0 Å². The monoisotopic (exact) mass is 281 g/mol. The normalized spacial score (nSPS) is 25.6. The van der Waals surface area contributed by atoms with Crippen LogP contribution in [0.5, 0.6) is 0 Å². The highest BCUT2D eigenvalue weighted by Crippen LogP contribution is 2.43. The summed E-state index contributed by atoms with van der Waals surface area (Å²) in [5.41, 5.74) is 0.775. The van der Waals surface area contributed by atoms with Crippen molar-refractivity contribution in [2.45, 2.75) is 50.2 Å². The minimum absolute atomic E-state index is 0.0431. The SMILES string of the molecule is OC1CCN(CCc2ccc(F)c(F)c2)C12CCCC2. The van der Waals surface area contributed by atoms with E-state index in [0.29, 0.717) is 6.42 Å². The van der Waals surface area contributed by atoms with Crippen LogP contribution >= 0.6 is 0 Å². The maximum absolute atomic E-state index is 13.2. The summed E-state index contributed by atoms with van der Waals surface area (Å²) in [7, 11) is 0. The van der Waals surface area contributed by atoms with E-state index in [1.54, 1.807) is 6.07 Å². The van der Waals surface area contributed by atoms with Crippen molar-refractivity contribution in [3.63, 3.8) is 0 Å². The Morgan fingerprint density at radius 2 is 1.95 bits per heavy atom. The largest absolute Gasteiger partial charge is 0.391 e. The molecule has 20 heavy (non-hydrogen) atoms. The maximum Gasteiger partial charge on any atom is 0.159 e. The lowest BCUT2D eigenvalue weighted by Crippen LogP contribution is -2.48. The highest BCUT2D eigenvalue weighted by molar-refractivity contribution is 5.18. The third-order valence-electron chi connectivity index (χ3n) is 5.05. The van der Waals surface area contributed by atoms with E-state index < -0.39 is 11.6 Å². The molecular formula is C16H21F2NO. The van der Waals surface area contributed by atoms with Crippen LogP contribution in [0, 0.1) is 11.6 Å². The highest BCUT2D eigenvalue weighted by Gasteiger charge is 2.48. The molecule has 1 aromatic rings. The van der Waals surface area contributed by atoms with Crippen LogP contribution in [-0.2, 0) is 6.42 Å². The number of aliphatic hydroxyl groups is 1. The van der Waals surface area contributed by atoms with Crippen molar-refractivity contribution >= 4 is 0 Å². The van der Waals surface area contributed by atoms with Crippen LogP contribution < -0.4 is 0 Å². The van der Waals surface area contributed by atoms with E-state index in [1.807, 2.05) is 0 Å². The Morgan fingerprint density at radius 1 is 1.20 bits per heavy atom. The summed E-state index contributed by atoms with van der Waals surface area (Å²) in [6.45, 7) is 1.72. The summed E-state index contributed by atoms with van der Waals surface area (Å²) < 4.78 is 26.1. The Balaban J connectivity index is 1.67. The number of rotatable bonds is 3. The molecule has 1 saturated heterocycles. The summed E-state index contributed by atoms with van der Waals surface area (Å²) in [6.07, 6.45) is 5.79. The maximum atomic E-state index is 13.2. The van der Waals surface area contributed by atoms with Crippen molar-refractivity contribution in [1.29, 1.82) is 0 Å². The number of aliphatic hydroxyl groups excluding tert-OH is 1. The van der Waals surface area contributed by atoms with E-state index in [4.69, 9.17) is 0 Å². The van der Waals surface area contributed by atoms with E-state index in [1.165, 1.54) is 25.0 Å². The molecule has 1 unspecified atom stereocenters. The molecule has 110 valence electrons. The first-order valence-corrected chi connectivity index (χ1v) is 7.49. The Kier molecular flexibility index (Phi) is 3.78. The summed E-state index contributed by atoms with van der Waals surface area (Å²) >= 11 is 0. The van der Waals surface area contributed by atoms with Crippen LogP contribution in [0.3, 0.4) is 0 Å². The molecule has 2 nitrogen and oxygen atoms in total. The first kappa shape index (κ1) is 14.0. The quantitative estimate of drug-likeness (QED) is 0.921. The molecular weight excluding hydrogens is 260 g/mol. The van der Waals surface area contributed by atoms with Gasteiger partial charge in [0.1, 0.15) is 0 Å². The van der Waals surface area contributed by atoms with Crippen molar-refractivity contribution in [1.82, 2.24) is 4.90 Å². The van der Waals surface area contributed by atoms with Crippen molar-refractivity contribution < 1.29 is 13.9 Å². The first-order chi connectivity index (χ1) is 9.62. The standard InChI is InChI=1S/C16H21F2NO/c17-13-4-3-12(11-14(13)18)5-9-19-10-6-15(20)16(19)7-1-2-8-16/h3-4,11,15,20H,1-2,5-10H2. The molecule has 1 saturated carbocycles. The second kappa shape index (κ2) is 5.41. The lowest BCUT2D eigenvalue weighted by Gasteiger charge is -2.37. The predicted molar refractivity (Wildman–Crippen MR) is 73.5 cm³/mol. The third-order valence-corrected chi connectivity index (χ3v) is 5.05. The minimum Gasteiger partial charge on any atom is -0.391 e. The van der Waals surface area contributed by atoms with Gasteiger partial charge in [0.2, 0.25) is 0 Å². The van der Waals surface area contributed by atoms with Gasteiger partial charge in [-0.1, -0.05) is 18.9 Å². The highest BCUT2D eigenvalue weighted by atomic mass is 19.2. The van der Waals surface area contributed by atoms with Gasteiger partial charge in [-0.05, 0) is 43.4 Å². The molecule has 1 aliphatic carbocycles. The molecule has 3 rings (SSSR count). The summed E-state index contributed by atoms with van der Waals surface area (Å²) in [4.78, 5) is 2.37. The number of hydrogen-bond donors (Lipinski definition) is 1. The van der Waals surface area contributed by atoms with Gasteiger partial charge in [-0.15, -0.1) is 0 Å². The smallest absolute Gasteiger partial charge is 0.159 e. The van der Waals surface area contributed by atoms with Crippen LogP contribution in [-0.4, -0.2) is 34.7 Å². The zero-order valence-electron chi connectivity index (χ0n) is 11.6. The zero-order chi connectivity index (χ0) is 14.2. The number of hydrogen-bond acceptors (Lipinski definition) is 2. The zero-order valence-corrected chi connectivity index (χ0v) is 11.6. The van der Waals surface area contributed by atoms with E-state index >= 15 is 0 Å². The Labute approximate surface area is 118 Å². The molecule has 4 heteroatoms. The van der Waals surface area contributed by atoms with E-state index in [2.05, 4.69) is 4.90 Å². The lowest BCUT2D eigenvalue weighted by molar-refractivity contribution is 0.0325. The van der Waals surface area contributed by atoms with Crippen LogP contribution in [0.1, 0.15) is 37.7 Å². The average molecular weight is 281 g/mol. The Bertz CT molecular complexity index is 485. The van der Waals surface area contributed by atoms with E-state index in [-0.39, 0.29) is 11.6 Å². The van der Waals surface area contributed by atoms with E-state index in [0.717, 1.165) is 37.9 Å². The fourth-order valence-corrected chi connectivity index (χ4v) is 3.91. The molecule has 1 heterocycles. The molecule has 0 radical (unpaired) electrons. The average Bonchev–Trinajstić information content (AvgIpc) is 3.03. The minimum atomic E-state index is -0.794. The van der Waals surface area contributed by atoms with Crippen molar-refractivity contribution in [3.8, 4) is 0 Å². The van der Waals surface area contributed by atoms with Crippen molar-refractivity contribution in [2.24, 2.45) is 0 Å². The molecule has 2 fully saturated rings. The number of nitrogens with zero attached hydrogens (tertiary/aromatic N) is 1. The van der Waals surface area contributed by atoms with Crippen LogP contribution in [0.2, 0.25) is 0 Å². The molecule has 1 N–H and O–H groups in total. The molecule has 1 spiro atoms. The molecule has 1 atom stereocenters. The number of halogens is 2. The number of likely N-dealkylation sites (tertiary alicyclic amines) is 1. The fourth-order valence-electron chi connectivity index (χ4n) is 3.91. The molecule has 0 aromatic heterocycles. The van der Waals surface area contributed by atoms with Crippen LogP contribution in [0.25, 0.3) is 0 Å². The molecule has 1 aliphatic heterocycles. The fraction of sp³-hybridized carbons (Fsp3) is 0.625. The predicted octanol–water partition coefficient (Wildman–Crippen LogP) is 2.89. The topological polar surface area (TPSA) is 23.5 Å². The molecule has 0 bridgehead atoms. The van der Waals surface area contributed by atoms with Gasteiger partial charge in [0, 0.05) is 18.6 Å². The van der Waals surface area contributed by atoms with Gasteiger partial charge in [0.15, 0.2) is 11.6 Å². The molecule has 0 amide bonds. The van der Waals surface area contributed by atoms with Crippen molar-refractivity contribution in [3.05, 3.63) is 35.4 Å². The summed E-state index contributed by atoms with van der Waals surface area (Å²) in [5, 5.41) is 10.3. The Hall–Kier alpha value is -1.00. The summed E-state index contributed by atoms with van der Waals surface area (Å²) in [6, 6.07) is 4.12. The van der Waals surface area contributed by atoms with Gasteiger partial charge in [-0.2, -0.15) is 0 Å². The van der Waals surface area contributed by atoms with Crippen LogP contribution in [0.15, 0.2) is 18.2 Å². The second-order valence-electron chi connectivity index (χ2n) is 6.10. The first-order valence-electron chi connectivity index (χ1n) is 7.49. The van der Waals surface area contributed by atoms with E-state index in [9.17, 15) is 13.9 Å². The Morgan fingerprint density at radius 3 is 2.65 bits per heavy atom. The van der Waals surface area contributed by atoms with Crippen LogP contribution in [0.4, 0.5) is 8.78 Å². The van der Waals surface area contributed by atoms with Gasteiger partial charge in [0.05, 0.1) is 6.10 Å². The molecule has 1 aromatic carbocycles. The lowest BCUT2D eigenvalue weighted by atomic mass is 9.91. The third kappa shape index (κ3) is 2.35. The van der Waals surface area contributed by atoms with Gasteiger partial charge in [0.25, 0.3) is 0 Å². The van der Waals surface area contributed by atoms with Gasteiger partial charge in [-0.25, -0.2) is 8.78 Å². The van der Waals surface area contributed by atoms with Crippen molar-refractivity contribution in [2.75, 3.05) is 13.1 Å². The summed E-state index contributed by atoms with van der Waals surface area (Å²) in [5.74, 6) is -1.57. The van der Waals surface area contributed by atoms with Gasteiger partial charge in [-0.3, -0.25) is 4.90 Å². The molecule has 2 aliphatic rings.